The zero-order valence-corrected chi connectivity index (χ0v) is 9.99. The highest BCUT2D eigenvalue weighted by molar-refractivity contribution is 8.00. The van der Waals surface area contributed by atoms with Crippen molar-refractivity contribution in [1.82, 2.24) is 5.32 Å². The van der Waals surface area contributed by atoms with Crippen LogP contribution in [0.25, 0.3) is 0 Å². The summed E-state index contributed by atoms with van der Waals surface area (Å²) in [7, 11) is -2.87. The number of hydrogen-bond donors (Lipinski definition) is 1. The first-order chi connectivity index (χ1) is 6.58. The van der Waals surface area contributed by atoms with Crippen LogP contribution in [0.4, 0.5) is 0 Å². The monoisotopic (exact) mass is 239 g/mol. The van der Waals surface area contributed by atoms with E-state index >= 15 is 0 Å². The smallest absolute Gasteiger partial charge is 0.149 e. The van der Waals surface area contributed by atoms with Gasteiger partial charge < -0.3 is 10.1 Å². The number of sulfone groups is 1. The summed E-state index contributed by atoms with van der Waals surface area (Å²) in [6.07, 6.45) is 1.22. The van der Waals surface area contributed by atoms with Crippen LogP contribution in [0.2, 0.25) is 0 Å². The molecule has 14 heavy (non-hydrogen) atoms. The largest absolute Gasteiger partial charge is 0.379 e. The first kappa shape index (κ1) is 12.3. The molecule has 0 aromatic heterocycles. The maximum absolute atomic E-state index is 10.7. The van der Waals surface area contributed by atoms with Crippen molar-refractivity contribution < 1.29 is 13.2 Å². The second-order valence-corrected chi connectivity index (χ2v) is 6.77. The molecular weight excluding hydrogens is 222 g/mol. The first-order valence-electron chi connectivity index (χ1n) is 4.64. The molecule has 0 saturated carbocycles. The number of ether oxygens (including phenoxy) is 1. The average molecular weight is 239 g/mol. The van der Waals surface area contributed by atoms with E-state index in [2.05, 4.69) is 5.32 Å². The quantitative estimate of drug-likeness (QED) is 0.621. The van der Waals surface area contributed by atoms with E-state index < -0.39 is 9.84 Å². The number of nitrogens with one attached hydrogen (secondary N) is 1. The van der Waals surface area contributed by atoms with Gasteiger partial charge in [0.2, 0.25) is 0 Å². The van der Waals surface area contributed by atoms with E-state index in [1.807, 2.05) is 11.8 Å². The van der Waals surface area contributed by atoms with Crippen molar-refractivity contribution >= 4 is 21.6 Å². The summed E-state index contributed by atoms with van der Waals surface area (Å²) in [5.41, 5.74) is 0. The van der Waals surface area contributed by atoms with Gasteiger partial charge in [0.05, 0.1) is 19.0 Å². The molecule has 0 aromatic carbocycles. The zero-order chi connectivity index (χ0) is 10.4. The van der Waals surface area contributed by atoms with Crippen LogP contribution in [0.1, 0.15) is 0 Å². The number of rotatable bonds is 7. The van der Waals surface area contributed by atoms with Crippen molar-refractivity contribution in [2.75, 3.05) is 43.3 Å². The molecule has 0 aromatic rings. The molecule has 0 radical (unpaired) electrons. The van der Waals surface area contributed by atoms with Crippen molar-refractivity contribution in [2.24, 2.45) is 0 Å². The van der Waals surface area contributed by atoms with E-state index in [1.165, 1.54) is 17.8 Å². The van der Waals surface area contributed by atoms with E-state index in [4.69, 9.17) is 4.74 Å². The average Bonchev–Trinajstić information content (AvgIpc) is 1.97. The Labute approximate surface area is 89.7 Å². The van der Waals surface area contributed by atoms with Crippen LogP contribution >= 0.6 is 11.8 Å². The molecule has 0 spiro atoms. The minimum atomic E-state index is -2.87. The van der Waals surface area contributed by atoms with Crippen molar-refractivity contribution in [3.63, 3.8) is 0 Å². The molecular formula is C8H17NO3S2. The predicted molar refractivity (Wildman–Crippen MR) is 59.6 cm³/mol. The Balaban J connectivity index is 1.84. The second-order valence-electron chi connectivity index (χ2n) is 3.43. The van der Waals surface area contributed by atoms with Crippen LogP contribution in [0.3, 0.4) is 0 Å². The van der Waals surface area contributed by atoms with Crippen molar-refractivity contribution in [3.05, 3.63) is 0 Å². The van der Waals surface area contributed by atoms with Gasteiger partial charge in [-0.3, -0.25) is 0 Å². The summed E-state index contributed by atoms with van der Waals surface area (Å²) in [6.45, 7) is 1.71. The third kappa shape index (κ3) is 5.85. The Morgan fingerprint density at radius 3 is 2.64 bits per heavy atom. The fraction of sp³-hybridized carbons (Fsp3) is 1.00. The Bertz CT molecular complexity index is 249. The number of thioether (sulfide) groups is 1. The van der Waals surface area contributed by atoms with Crippen LogP contribution in [0.5, 0.6) is 0 Å². The molecule has 84 valence electrons. The standard InChI is InChI=1S/C8H17NO3S2/c1-14(10,11)5-4-12-3-2-9-8-6-13-7-8/h8-9H,2-7H2,1H3. The number of hydrogen-bond acceptors (Lipinski definition) is 5. The van der Waals surface area contributed by atoms with Crippen LogP contribution in [0.15, 0.2) is 0 Å². The lowest BCUT2D eigenvalue weighted by Gasteiger charge is -2.25. The molecule has 1 aliphatic rings. The van der Waals surface area contributed by atoms with Crippen molar-refractivity contribution in [1.29, 1.82) is 0 Å². The fourth-order valence-electron chi connectivity index (χ4n) is 1.00. The van der Waals surface area contributed by atoms with Crippen LogP contribution in [-0.4, -0.2) is 57.7 Å². The lowest BCUT2D eigenvalue weighted by atomic mass is 10.4. The van der Waals surface area contributed by atoms with Crippen molar-refractivity contribution in [2.45, 2.75) is 6.04 Å². The van der Waals surface area contributed by atoms with Gasteiger partial charge in [-0.25, -0.2) is 8.42 Å². The summed E-state index contributed by atoms with van der Waals surface area (Å²) in [4.78, 5) is 0. The highest BCUT2D eigenvalue weighted by Crippen LogP contribution is 2.16. The molecule has 4 nitrogen and oxygen atoms in total. The van der Waals surface area contributed by atoms with Gasteiger partial charge >= 0.3 is 0 Å². The lowest BCUT2D eigenvalue weighted by Crippen LogP contribution is -2.41. The van der Waals surface area contributed by atoms with E-state index in [9.17, 15) is 8.42 Å². The molecule has 1 fully saturated rings. The van der Waals surface area contributed by atoms with Gasteiger partial charge in [0.1, 0.15) is 9.84 Å². The van der Waals surface area contributed by atoms with Gasteiger partial charge in [-0.05, 0) is 0 Å². The maximum atomic E-state index is 10.7. The molecule has 0 bridgehead atoms. The molecule has 1 saturated heterocycles. The molecule has 1 rings (SSSR count). The summed E-state index contributed by atoms with van der Waals surface area (Å²) in [6, 6.07) is 0.638. The highest BCUT2D eigenvalue weighted by atomic mass is 32.2. The minimum Gasteiger partial charge on any atom is -0.379 e. The molecule has 1 heterocycles. The fourth-order valence-corrected chi connectivity index (χ4v) is 2.13. The Hall–Kier alpha value is 0.220. The molecule has 1 N–H and O–H groups in total. The Kier molecular flexibility index (Phi) is 5.22. The van der Waals surface area contributed by atoms with E-state index in [1.54, 1.807) is 0 Å². The van der Waals surface area contributed by atoms with Crippen LogP contribution in [-0.2, 0) is 14.6 Å². The van der Waals surface area contributed by atoms with Gasteiger partial charge in [-0.1, -0.05) is 0 Å². The zero-order valence-electron chi connectivity index (χ0n) is 8.36. The van der Waals surface area contributed by atoms with Gasteiger partial charge in [0.15, 0.2) is 0 Å². The normalized spacial score (nSPS) is 18.1. The van der Waals surface area contributed by atoms with Crippen LogP contribution in [0, 0.1) is 0 Å². The summed E-state index contributed by atoms with van der Waals surface area (Å²) in [5.74, 6) is 2.49. The molecule has 0 atom stereocenters. The topological polar surface area (TPSA) is 55.4 Å². The predicted octanol–water partition coefficient (Wildman–Crippen LogP) is -0.247. The van der Waals surface area contributed by atoms with Gasteiger partial charge in [0.25, 0.3) is 0 Å². The van der Waals surface area contributed by atoms with Crippen LogP contribution < -0.4 is 5.32 Å². The minimum absolute atomic E-state index is 0.117. The van der Waals surface area contributed by atoms with Gasteiger partial charge in [-0.2, -0.15) is 11.8 Å². The highest BCUT2D eigenvalue weighted by Gasteiger charge is 2.16. The first-order valence-corrected chi connectivity index (χ1v) is 7.86. The second kappa shape index (κ2) is 5.95. The molecule has 0 amide bonds. The van der Waals surface area contributed by atoms with E-state index in [0.717, 1.165) is 6.54 Å². The van der Waals surface area contributed by atoms with Gasteiger partial charge in [-0.15, -0.1) is 0 Å². The molecule has 6 heteroatoms. The van der Waals surface area contributed by atoms with Crippen molar-refractivity contribution in [3.8, 4) is 0 Å². The summed E-state index contributed by atoms with van der Waals surface area (Å²) in [5, 5.41) is 3.32. The Morgan fingerprint density at radius 2 is 2.14 bits per heavy atom. The Morgan fingerprint density at radius 1 is 1.43 bits per heavy atom. The third-order valence-electron chi connectivity index (χ3n) is 1.92. The lowest BCUT2D eigenvalue weighted by molar-refractivity contribution is 0.149. The van der Waals surface area contributed by atoms with E-state index in [-0.39, 0.29) is 5.75 Å². The summed E-state index contributed by atoms with van der Waals surface area (Å²) < 4.78 is 26.6. The maximum Gasteiger partial charge on any atom is 0.149 e. The molecule has 0 unspecified atom stereocenters. The molecule has 0 aliphatic carbocycles. The third-order valence-corrected chi connectivity index (χ3v) is 4.10. The SMILES string of the molecule is CS(=O)(=O)CCOCCNC1CSC1. The van der Waals surface area contributed by atoms with E-state index in [0.29, 0.717) is 19.3 Å². The molecule has 1 aliphatic heterocycles. The van der Waals surface area contributed by atoms with Gasteiger partial charge in [0, 0.05) is 30.3 Å². The summed E-state index contributed by atoms with van der Waals surface area (Å²) >= 11 is 1.93.